The van der Waals surface area contributed by atoms with E-state index in [0.29, 0.717) is 12.1 Å². The zero-order valence-electron chi connectivity index (χ0n) is 12.2. The summed E-state index contributed by atoms with van der Waals surface area (Å²) in [5.74, 6) is 0.858. The fourth-order valence-electron chi connectivity index (χ4n) is 3.43. The van der Waals surface area contributed by atoms with Crippen molar-refractivity contribution in [2.45, 2.75) is 56.4 Å². The smallest absolute Gasteiger partial charge is 0.321 e. The number of anilines is 1. The van der Waals surface area contributed by atoms with E-state index in [0.717, 1.165) is 18.7 Å². The van der Waals surface area contributed by atoms with Crippen molar-refractivity contribution in [3.63, 3.8) is 0 Å². The van der Waals surface area contributed by atoms with Gasteiger partial charge in [0.25, 0.3) is 0 Å². The molecule has 2 fully saturated rings. The fraction of sp³-hybridized carbons (Fsp3) is 0.529. The molecule has 0 saturated heterocycles. The van der Waals surface area contributed by atoms with Gasteiger partial charge in [-0.15, -0.1) is 0 Å². The normalized spacial score (nSPS) is 21.1. The van der Waals surface area contributed by atoms with Gasteiger partial charge < -0.3 is 9.84 Å². The van der Waals surface area contributed by atoms with Gasteiger partial charge in [-0.3, -0.25) is 0 Å². The third-order valence-electron chi connectivity index (χ3n) is 4.79. The maximum Gasteiger partial charge on any atom is 0.321 e. The van der Waals surface area contributed by atoms with Gasteiger partial charge in [-0.1, -0.05) is 54.8 Å². The summed E-state index contributed by atoms with van der Waals surface area (Å²) < 4.78 is 5.44. The Morgan fingerprint density at radius 2 is 1.81 bits per heavy atom. The highest BCUT2D eigenvalue weighted by Crippen LogP contribution is 2.43. The molecule has 4 heteroatoms. The minimum atomic E-state index is -0.0630. The first-order valence-corrected chi connectivity index (χ1v) is 8.03. The molecule has 2 aliphatic carbocycles. The van der Waals surface area contributed by atoms with Crippen molar-refractivity contribution in [2.24, 2.45) is 0 Å². The Labute approximate surface area is 124 Å². The number of benzene rings is 1. The number of hydrogen-bond acceptors (Lipinski definition) is 4. The quantitative estimate of drug-likeness (QED) is 0.924. The van der Waals surface area contributed by atoms with Gasteiger partial charge in [-0.05, 0) is 31.2 Å². The van der Waals surface area contributed by atoms with E-state index in [2.05, 4.69) is 45.8 Å². The van der Waals surface area contributed by atoms with Crippen LogP contribution in [0, 0.1) is 0 Å². The highest BCUT2D eigenvalue weighted by Gasteiger charge is 2.40. The molecule has 0 aliphatic heterocycles. The number of hydrogen-bond donors (Lipinski definition) is 1. The molecule has 1 aromatic heterocycles. The highest BCUT2D eigenvalue weighted by molar-refractivity contribution is 5.35. The Balaban J connectivity index is 1.69. The van der Waals surface area contributed by atoms with Crippen LogP contribution in [0.5, 0.6) is 0 Å². The largest absolute Gasteiger partial charge is 0.335 e. The Kier molecular flexibility index (Phi) is 3.17. The second kappa shape index (κ2) is 5.17. The average molecular weight is 283 g/mol. The van der Waals surface area contributed by atoms with E-state index < -0.39 is 0 Å². The summed E-state index contributed by atoms with van der Waals surface area (Å²) in [7, 11) is 0. The lowest BCUT2D eigenvalue weighted by atomic mass is 9.69. The van der Waals surface area contributed by atoms with Crippen LogP contribution in [0.1, 0.15) is 56.3 Å². The van der Waals surface area contributed by atoms with Gasteiger partial charge in [0.05, 0.1) is 5.41 Å². The Morgan fingerprint density at radius 3 is 2.52 bits per heavy atom. The van der Waals surface area contributed by atoms with Gasteiger partial charge in [0.1, 0.15) is 0 Å². The van der Waals surface area contributed by atoms with Crippen LogP contribution in [-0.2, 0) is 5.41 Å². The second-order valence-electron chi connectivity index (χ2n) is 6.35. The standard InChI is InChI=1S/C17H21N3O/c1-3-7-13(8-4-1)17(11-5-2-6-12-17)15-19-16(21-20-15)18-14-9-10-14/h1,3-4,7-8,14H,2,5-6,9-12H2,(H,18,19,20). The van der Waals surface area contributed by atoms with Gasteiger partial charge in [0.15, 0.2) is 5.82 Å². The molecule has 2 aliphatic rings. The van der Waals surface area contributed by atoms with Crippen LogP contribution in [0.2, 0.25) is 0 Å². The van der Waals surface area contributed by atoms with Crippen LogP contribution in [0.15, 0.2) is 34.9 Å². The van der Waals surface area contributed by atoms with E-state index >= 15 is 0 Å². The Hall–Kier alpha value is -1.84. The van der Waals surface area contributed by atoms with E-state index in [1.807, 2.05) is 0 Å². The maximum atomic E-state index is 5.44. The first-order chi connectivity index (χ1) is 10.4. The predicted octanol–water partition coefficient (Wildman–Crippen LogP) is 3.89. The SMILES string of the molecule is c1ccc(C2(c3noc(NC4CC4)n3)CCCCC2)cc1. The predicted molar refractivity (Wildman–Crippen MR) is 81.2 cm³/mol. The molecule has 4 rings (SSSR count). The molecule has 1 heterocycles. The molecule has 0 amide bonds. The lowest BCUT2D eigenvalue weighted by molar-refractivity contribution is 0.314. The van der Waals surface area contributed by atoms with Crippen LogP contribution in [-0.4, -0.2) is 16.2 Å². The van der Waals surface area contributed by atoms with Crippen molar-refractivity contribution in [3.8, 4) is 0 Å². The number of nitrogens with one attached hydrogen (secondary N) is 1. The van der Waals surface area contributed by atoms with Crippen LogP contribution >= 0.6 is 0 Å². The van der Waals surface area contributed by atoms with Gasteiger partial charge in [-0.2, -0.15) is 4.98 Å². The number of rotatable bonds is 4. The molecule has 2 saturated carbocycles. The van der Waals surface area contributed by atoms with Gasteiger partial charge in [0.2, 0.25) is 0 Å². The minimum absolute atomic E-state index is 0.0630. The summed E-state index contributed by atoms with van der Waals surface area (Å²) in [6.07, 6.45) is 8.41. The van der Waals surface area contributed by atoms with Crippen LogP contribution < -0.4 is 5.32 Å². The third-order valence-corrected chi connectivity index (χ3v) is 4.79. The fourth-order valence-corrected chi connectivity index (χ4v) is 3.43. The van der Waals surface area contributed by atoms with Crippen molar-refractivity contribution in [2.75, 3.05) is 5.32 Å². The van der Waals surface area contributed by atoms with Gasteiger partial charge in [0, 0.05) is 6.04 Å². The van der Waals surface area contributed by atoms with Gasteiger partial charge >= 0.3 is 6.01 Å². The van der Waals surface area contributed by atoms with Crippen LogP contribution in [0.4, 0.5) is 6.01 Å². The van der Waals surface area contributed by atoms with Crippen LogP contribution in [0.25, 0.3) is 0 Å². The highest BCUT2D eigenvalue weighted by atomic mass is 16.5. The summed E-state index contributed by atoms with van der Waals surface area (Å²) >= 11 is 0. The summed E-state index contributed by atoms with van der Waals surface area (Å²) in [5.41, 5.74) is 1.26. The summed E-state index contributed by atoms with van der Waals surface area (Å²) in [4.78, 5) is 4.67. The van der Waals surface area contributed by atoms with Crippen molar-refractivity contribution in [1.82, 2.24) is 10.1 Å². The maximum absolute atomic E-state index is 5.44. The zero-order chi connectivity index (χ0) is 14.1. The third kappa shape index (κ3) is 2.43. The van der Waals surface area contributed by atoms with Crippen molar-refractivity contribution in [3.05, 3.63) is 41.7 Å². The lowest BCUT2D eigenvalue weighted by Gasteiger charge is -2.34. The molecule has 0 radical (unpaired) electrons. The lowest BCUT2D eigenvalue weighted by Crippen LogP contribution is -2.31. The van der Waals surface area contributed by atoms with E-state index in [1.165, 1.54) is 37.7 Å². The average Bonchev–Trinajstić information content (AvgIpc) is 3.24. The molecule has 1 aromatic carbocycles. The second-order valence-corrected chi connectivity index (χ2v) is 6.35. The van der Waals surface area contributed by atoms with E-state index in [4.69, 9.17) is 4.52 Å². The Bertz CT molecular complexity index is 598. The zero-order valence-corrected chi connectivity index (χ0v) is 12.2. The van der Waals surface area contributed by atoms with Crippen molar-refractivity contribution >= 4 is 6.01 Å². The molecule has 4 nitrogen and oxygen atoms in total. The van der Waals surface area contributed by atoms with E-state index in [-0.39, 0.29) is 5.41 Å². The monoisotopic (exact) mass is 283 g/mol. The molecule has 110 valence electrons. The topological polar surface area (TPSA) is 51.0 Å². The molecule has 0 unspecified atom stereocenters. The molecule has 0 spiro atoms. The first kappa shape index (κ1) is 12.9. The first-order valence-electron chi connectivity index (χ1n) is 8.03. The summed E-state index contributed by atoms with van der Waals surface area (Å²) in [5, 5.41) is 7.62. The van der Waals surface area contributed by atoms with E-state index in [9.17, 15) is 0 Å². The molecular weight excluding hydrogens is 262 g/mol. The minimum Gasteiger partial charge on any atom is -0.335 e. The van der Waals surface area contributed by atoms with Crippen molar-refractivity contribution < 1.29 is 4.52 Å². The molecular formula is C17H21N3O. The molecule has 21 heavy (non-hydrogen) atoms. The molecule has 0 bridgehead atoms. The molecule has 1 N–H and O–H groups in total. The van der Waals surface area contributed by atoms with E-state index in [1.54, 1.807) is 0 Å². The number of aromatic nitrogens is 2. The van der Waals surface area contributed by atoms with Gasteiger partial charge in [-0.25, -0.2) is 0 Å². The number of nitrogens with zero attached hydrogens (tertiary/aromatic N) is 2. The van der Waals surface area contributed by atoms with Crippen molar-refractivity contribution in [1.29, 1.82) is 0 Å². The Morgan fingerprint density at radius 1 is 1.05 bits per heavy atom. The molecule has 2 aromatic rings. The summed E-state index contributed by atoms with van der Waals surface area (Å²) in [6, 6.07) is 11.8. The molecule has 0 atom stereocenters. The summed E-state index contributed by atoms with van der Waals surface area (Å²) in [6.45, 7) is 0. The van der Waals surface area contributed by atoms with Crippen LogP contribution in [0.3, 0.4) is 0 Å².